The van der Waals surface area contributed by atoms with Gasteiger partial charge in [0.25, 0.3) is 5.91 Å². The van der Waals surface area contributed by atoms with Gasteiger partial charge in [-0.3, -0.25) is 9.59 Å². The third-order valence-corrected chi connectivity index (χ3v) is 4.96. The summed E-state index contributed by atoms with van der Waals surface area (Å²) in [6.07, 6.45) is 0.883. The molecule has 6 nitrogen and oxygen atoms in total. The van der Waals surface area contributed by atoms with Gasteiger partial charge in [0.05, 0.1) is 12.6 Å². The van der Waals surface area contributed by atoms with E-state index in [2.05, 4.69) is 11.1 Å². The maximum Gasteiger partial charge on any atom is 0.270 e. The molecule has 2 amide bonds. The van der Waals surface area contributed by atoms with Crippen molar-refractivity contribution in [2.45, 2.75) is 32.8 Å². The quantitative estimate of drug-likeness (QED) is 0.893. The maximum atomic E-state index is 12.8. The summed E-state index contributed by atoms with van der Waals surface area (Å²) in [6, 6.07) is 6.03. The van der Waals surface area contributed by atoms with Gasteiger partial charge in [0.15, 0.2) is 0 Å². The molecule has 1 fully saturated rings. The number of carbonyl (C=O) groups is 2. The number of aliphatic hydroxyl groups is 1. The molecule has 2 heterocycles. The molecule has 3 rings (SSSR count). The third-order valence-electron chi connectivity index (χ3n) is 4.96. The maximum absolute atomic E-state index is 12.8. The molecule has 0 aliphatic carbocycles. The highest BCUT2D eigenvalue weighted by molar-refractivity contribution is 6.02. The lowest BCUT2D eigenvalue weighted by molar-refractivity contribution is -0.133. The number of benzene rings is 1. The van der Waals surface area contributed by atoms with Crippen LogP contribution in [0, 0.1) is 13.8 Å². The van der Waals surface area contributed by atoms with Gasteiger partial charge in [0.2, 0.25) is 5.91 Å². The van der Waals surface area contributed by atoms with Gasteiger partial charge in [-0.1, -0.05) is 11.6 Å². The minimum Gasteiger partial charge on any atom is -0.393 e. The fourth-order valence-electron chi connectivity index (χ4n) is 3.34. The number of aliphatic hydroxyl groups excluding tert-OH is 1. The minimum atomic E-state index is -0.319. The number of likely N-dealkylation sites (N-methyl/N-ethyl adjacent to an activating group) is 1. The first-order valence-corrected chi connectivity index (χ1v) is 8.67. The molecule has 0 spiro atoms. The lowest BCUT2D eigenvalue weighted by Gasteiger charge is -2.31. The van der Waals surface area contributed by atoms with Crippen LogP contribution in [0.3, 0.4) is 0 Å². The Kier molecular flexibility index (Phi) is 4.81. The summed E-state index contributed by atoms with van der Waals surface area (Å²) in [4.78, 5) is 31.5. The van der Waals surface area contributed by atoms with Crippen molar-refractivity contribution in [3.63, 3.8) is 0 Å². The molecule has 2 aromatic rings. The van der Waals surface area contributed by atoms with Gasteiger partial charge in [0, 0.05) is 31.0 Å². The number of aryl methyl sites for hydroxylation is 2. The van der Waals surface area contributed by atoms with Crippen LogP contribution in [0.15, 0.2) is 18.2 Å². The Labute approximate surface area is 147 Å². The Balaban J connectivity index is 1.72. The normalized spacial score (nSPS) is 15.6. The van der Waals surface area contributed by atoms with E-state index in [1.54, 1.807) is 11.9 Å². The summed E-state index contributed by atoms with van der Waals surface area (Å²) in [5.74, 6) is -0.260. The summed E-state index contributed by atoms with van der Waals surface area (Å²) >= 11 is 0. The van der Waals surface area contributed by atoms with Gasteiger partial charge in [0.1, 0.15) is 5.69 Å². The highest BCUT2D eigenvalue weighted by atomic mass is 16.3. The Bertz CT molecular complexity index is 804. The number of likely N-dealkylation sites (tertiary alicyclic amines) is 1. The van der Waals surface area contributed by atoms with Crippen LogP contribution in [0.25, 0.3) is 10.9 Å². The van der Waals surface area contributed by atoms with Crippen molar-refractivity contribution >= 4 is 22.7 Å². The Hall–Kier alpha value is -2.34. The highest BCUT2D eigenvalue weighted by Gasteiger charge is 2.25. The zero-order chi connectivity index (χ0) is 18.1. The van der Waals surface area contributed by atoms with Crippen molar-refractivity contribution in [3.8, 4) is 0 Å². The Morgan fingerprint density at radius 1 is 1.28 bits per heavy atom. The van der Waals surface area contributed by atoms with Crippen LogP contribution in [-0.2, 0) is 4.79 Å². The van der Waals surface area contributed by atoms with Crippen LogP contribution in [0.5, 0.6) is 0 Å². The van der Waals surface area contributed by atoms with Crippen LogP contribution in [0.2, 0.25) is 0 Å². The van der Waals surface area contributed by atoms with E-state index in [9.17, 15) is 14.7 Å². The molecular weight excluding hydrogens is 318 g/mol. The molecular formula is C19H25N3O3. The van der Waals surface area contributed by atoms with Crippen molar-refractivity contribution in [2.75, 3.05) is 26.7 Å². The number of aromatic amines is 1. The number of fused-ring (bicyclic) bond motifs is 1. The summed E-state index contributed by atoms with van der Waals surface area (Å²) in [6.45, 7) is 5.09. The third kappa shape index (κ3) is 3.54. The molecule has 1 aromatic heterocycles. The zero-order valence-electron chi connectivity index (χ0n) is 15.0. The lowest BCUT2D eigenvalue weighted by Crippen LogP contribution is -2.45. The second-order valence-corrected chi connectivity index (χ2v) is 6.95. The molecule has 0 bridgehead atoms. The number of amides is 2. The number of aromatic nitrogens is 1. The van der Waals surface area contributed by atoms with Crippen molar-refractivity contribution in [3.05, 3.63) is 35.0 Å². The van der Waals surface area contributed by atoms with Crippen LogP contribution in [0.1, 0.15) is 34.5 Å². The van der Waals surface area contributed by atoms with E-state index in [-0.39, 0.29) is 24.5 Å². The van der Waals surface area contributed by atoms with E-state index < -0.39 is 0 Å². The molecule has 0 unspecified atom stereocenters. The molecule has 6 heteroatoms. The number of carbonyl (C=O) groups excluding carboxylic acids is 2. The Morgan fingerprint density at radius 2 is 1.96 bits per heavy atom. The molecule has 25 heavy (non-hydrogen) atoms. The summed E-state index contributed by atoms with van der Waals surface area (Å²) in [7, 11) is 1.65. The van der Waals surface area contributed by atoms with Gasteiger partial charge in [-0.15, -0.1) is 0 Å². The summed E-state index contributed by atoms with van der Waals surface area (Å²) in [5.41, 5.74) is 3.51. The number of hydrogen-bond acceptors (Lipinski definition) is 3. The standard InChI is InChI=1S/C19H25N3O3/c1-12-4-5-16-15(10-12)13(2)18(20-16)19(25)21(3)11-17(24)22-8-6-14(23)7-9-22/h4-5,10,14,20,23H,6-9,11H2,1-3H3. The van der Waals surface area contributed by atoms with Crippen molar-refractivity contribution in [2.24, 2.45) is 0 Å². The summed E-state index contributed by atoms with van der Waals surface area (Å²) in [5, 5.41) is 10.6. The van der Waals surface area contributed by atoms with Gasteiger partial charge in [-0.25, -0.2) is 0 Å². The minimum absolute atomic E-state index is 0.0444. The van der Waals surface area contributed by atoms with Crippen LogP contribution in [-0.4, -0.2) is 64.5 Å². The van der Waals surface area contributed by atoms with E-state index in [0.717, 1.165) is 22.0 Å². The molecule has 1 aromatic carbocycles. The molecule has 2 N–H and O–H groups in total. The van der Waals surface area contributed by atoms with Crippen LogP contribution >= 0.6 is 0 Å². The van der Waals surface area contributed by atoms with E-state index >= 15 is 0 Å². The molecule has 0 saturated carbocycles. The van der Waals surface area contributed by atoms with Crippen LogP contribution < -0.4 is 0 Å². The largest absolute Gasteiger partial charge is 0.393 e. The highest BCUT2D eigenvalue weighted by Crippen LogP contribution is 2.23. The fourth-order valence-corrected chi connectivity index (χ4v) is 3.34. The molecule has 1 aliphatic rings. The first kappa shape index (κ1) is 17.5. The smallest absolute Gasteiger partial charge is 0.270 e. The molecule has 0 radical (unpaired) electrons. The monoisotopic (exact) mass is 343 g/mol. The average molecular weight is 343 g/mol. The zero-order valence-corrected chi connectivity index (χ0v) is 15.0. The van der Waals surface area contributed by atoms with E-state index in [4.69, 9.17) is 0 Å². The first-order chi connectivity index (χ1) is 11.9. The number of nitrogens with zero attached hydrogens (tertiary/aromatic N) is 2. The fraction of sp³-hybridized carbons (Fsp3) is 0.474. The lowest BCUT2D eigenvalue weighted by atomic mass is 10.1. The number of H-pyrrole nitrogens is 1. The second-order valence-electron chi connectivity index (χ2n) is 6.95. The van der Waals surface area contributed by atoms with E-state index in [0.29, 0.717) is 31.6 Å². The van der Waals surface area contributed by atoms with Crippen molar-refractivity contribution in [1.82, 2.24) is 14.8 Å². The number of rotatable bonds is 3. The van der Waals surface area contributed by atoms with Crippen LogP contribution in [0.4, 0.5) is 0 Å². The van der Waals surface area contributed by atoms with E-state index in [1.165, 1.54) is 4.90 Å². The predicted octanol–water partition coefficient (Wildman–Crippen LogP) is 1.84. The number of hydrogen-bond donors (Lipinski definition) is 2. The SMILES string of the molecule is Cc1ccc2[nH]c(C(=O)N(C)CC(=O)N3CCC(O)CC3)c(C)c2c1. The average Bonchev–Trinajstić information content (AvgIpc) is 2.91. The number of nitrogens with one attached hydrogen (secondary N) is 1. The molecule has 0 atom stereocenters. The van der Waals surface area contributed by atoms with Crippen molar-refractivity contribution in [1.29, 1.82) is 0 Å². The van der Waals surface area contributed by atoms with E-state index in [1.807, 2.05) is 26.0 Å². The second kappa shape index (κ2) is 6.88. The van der Waals surface area contributed by atoms with Gasteiger partial charge >= 0.3 is 0 Å². The number of piperidine rings is 1. The van der Waals surface area contributed by atoms with Gasteiger partial charge in [-0.2, -0.15) is 0 Å². The molecule has 134 valence electrons. The predicted molar refractivity (Wildman–Crippen MR) is 96.6 cm³/mol. The Morgan fingerprint density at radius 3 is 2.64 bits per heavy atom. The first-order valence-electron chi connectivity index (χ1n) is 8.67. The molecule has 1 aliphatic heterocycles. The molecule has 1 saturated heterocycles. The topological polar surface area (TPSA) is 76.6 Å². The van der Waals surface area contributed by atoms with Gasteiger partial charge < -0.3 is 19.9 Å². The van der Waals surface area contributed by atoms with Crippen molar-refractivity contribution < 1.29 is 14.7 Å². The van der Waals surface area contributed by atoms with Gasteiger partial charge in [-0.05, 0) is 44.4 Å². The summed E-state index contributed by atoms with van der Waals surface area (Å²) < 4.78 is 0.